The lowest BCUT2D eigenvalue weighted by molar-refractivity contribution is 0.871. The van der Waals surface area contributed by atoms with Gasteiger partial charge in [-0.1, -0.05) is 78.9 Å². The predicted molar refractivity (Wildman–Crippen MR) is 112 cm³/mol. The van der Waals surface area contributed by atoms with Gasteiger partial charge < -0.3 is 0 Å². The van der Waals surface area contributed by atoms with Crippen LogP contribution in [0, 0.1) is 11.7 Å². The van der Waals surface area contributed by atoms with Gasteiger partial charge in [-0.2, -0.15) is 14.9 Å². The molecule has 4 aromatic rings. The normalized spacial score (nSPS) is 11.1. The van der Waals surface area contributed by atoms with Crippen molar-refractivity contribution < 1.29 is 0 Å². The molecule has 1 heterocycles. The fourth-order valence-corrected chi connectivity index (χ4v) is 3.09. The second-order valence-electron chi connectivity index (χ2n) is 6.21. The Morgan fingerprint density at radius 1 is 0.889 bits per heavy atom. The van der Waals surface area contributed by atoms with Crippen molar-refractivity contribution in [3.05, 3.63) is 94.8 Å². The van der Waals surface area contributed by atoms with E-state index in [-0.39, 0.29) is 0 Å². The number of aryl methyl sites for hydroxylation is 1. The number of H-pyrrole nitrogens is 1. The van der Waals surface area contributed by atoms with E-state index < -0.39 is 0 Å². The highest BCUT2D eigenvalue weighted by atomic mass is 32.1. The van der Waals surface area contributed by atoms with E-state index in [0.29, 0.717) is 10.6 Å². The number of hydrogen-bond acceptors (Lipinski definition) is 3. The van der Waals surface area contributed by atoms with Gasteiger partial charge in [-0.05, 0) is 41.4 Å². The molecule has 0 aliphatic carbocycles. The van der Waals surface area contributed by atoms with Crippen molar-refractivity contribution >= 4 is 18.4 Å². The minimum atomic E-state index is 0.463. The van der Waals surface area contributed by atoms with E-state index in [2.05, 4.69) is 39.6 Å². The fraction of sp³-hybridized carbons (Fsp3) is 0.0455. The topological polar surface area (TPSA) is 46.0 Å². The van der Waals surface area contributed by atoms with Crippen LogP contribution in [0.4, 0.5) is 0 Å². The van der Waals surface area contributed by atoms with Crippen LogP contribution >= 0.6 is 12.2 Å². The lowest BCUT2D eigenvalue weighted by atomic mass is 10.0. The van der Waals surface area contributed by atoms with Crippen LogP contribution in [0.2, 0.25) is 0 Å². The van der Waals surface area contributed by atoms with E-state index in [9.17, 15) is 0 Å². The largest absolute Gasteiger partial charge is 0.250 e. The minimum absolute atomic E-state index is 0.463. The summed E-state index contributed by atoms with van der Waals surface area (Å²) in [5.41, 5.74) is 5.48. The average Bonchev–Trinajstić information content (AvgIpc) is 3.08. The van der Waals surface area contributed by atoms with Gasteiger partial charge in [0.15, 0.2) is 5.82 Å². The quantitative estimate of drug-likeness (QED) is 0.383. The number of hydrogen-bond donors (Lipinski definition) is 1. The third-order valence-electron chi connectivity index (χ3n) is 4.38. The molecule has 0 radical (unpaired) electrons. The summed E-state index contributed by atoms with van der Waals surface area (Å²) in [6.07, 6.45) is 1.79. The Morgan fingerprint density at radius 2 is 1.56 bits per heavy atom. The monoisotopic (exact) mass is 370 g/mol. The molecule has 4 rings (SSSR count). The molecular formula is C22H18N4S. The number of benzene rings is 3. The van der Waals surface area contributed by atoms with Gasteiger partial charge in [0, 0.05) is 5.56 Å². The molecular weight excluding hydrogens is 352 g/mol. The molecule has 27 heavy (non-hydrogen) atoms. The van der Waals surface area contributed by atoms with Crippen LogP contribution < -0.4 is 0 Å². The highest BCUT2D eigenvalue weighted by Crippen LogP contribution is 2.21. The first-order valence-corrected chi connectivity index (χ1v) is 9.06. The van der Waals surface area contributed by atoms with Gasteiger partial charge in [0.05, 0.1) is 6.21 Å². The second kappa shape index (κ2) is 7.51. The van der Waals surface area contributed by atoms with E-state index in [1.165, 1.54) is 11.1 Å². The maximum Gasteiger partial charge on any atom is 0.216 e. The molecule has 0 amide bonds. The zero-order valence-corrected chi connectivity index (χ0v) is 15.6. The van der Waals surface area contributed by atoms with Crippen molar-refractivity contribution in [1.29, 1.82) is 0 Å². The molecule has 0 spiro atoms. The molecule has 3 aromatic carbocycles. The Balaban J connectivity index is 1.64. The van der Waals surface area contributed by atoms with Gasteiger partial charge in [0.1, 0.15) is 0 Å². The number of aromatic amines is 1. The van der Waals surface area contributed by atoms with Gasteiger partial charge in [0.2, 0.25) is 4.77 Å². The van der Waals surface area contributed by atoms with Crippen LogP contribution in [0.15, 0.2) is 84.0 Å². The fourth-order valence-electron chi connectivity index (χ4n) is 2.91. The van der Waals surface area contributed by atoms with Crippen molar-refractivity contribution in [1.82, 2.24) is 14.9 Å². The van der Waals surface area contributed by atoms with E-state index >= 15 is 0 Å². The van der Waals surface area contributed by atoms with Gasteiger partial charge in [-0.3, -0.25) is 0 Å². The highest BCUT2D eigenvalue weighted by molar-refractivity contribution is 7.71. The third kappa shape index (κ3) is 3.64. The van der Waals surface area contributed by atoms with Crippen molar-refractivity contribution in [2.24, 2.45) is 5.10 Å². The lowest BCUT2D eigenvalue weighted by Gasteiger charge is -2.04. The van der Waals surface area contributed by atoms with Gasteiger partial charge >= 0.3 is 0 Å². The molecule has 0 saturated heterocycles. The Hall–Kier alpha value is -3.31. The second-order valence-corrected chi connectivity index (χ2v) is 6.60. The standard InChI is InChI=1S/C22H18N4S/c1-16-7-5-6-10-20(16)21-24-25-22(27)26(21)23-15-17-11-13-19(14-12-17)18-8-3-2-4-9-18/h2-15H,1H3,(H,25,27)/b23-15+. The summed E-state index contributed by atoms with van der Waals surface area (Å²) in [4.78, 5) is 0. The molecule has 0 bridgehead atoms. The molecule has 0 unspecified atom stereocenters. The molecule has 0 saturated carbocycles. The Kier molecular flexibility index (Phi) is 4.77. The Bertz CT molecular complexity index is 1140. The van der Waals surface area contributed by atoms with Crippen LogP contribution in [0.5, 0.6) is 0 Å². The van der Waals surface area contributed by atoms with E-state index in [0.717, 1.165) is 16.7 Å². The van der Waals surface area contributed by atoms with Crippen molar-refractivity contribution in [3.8, 4) is 22.5 Å². The maximum atomic E-state index is 5.35. The molecule has 132 valence electrons. The van der Waals surface area contributed by atoms with Crippen molar-refractivity contribution in [3.63, 3.8) is 0 Å². The van der Waals surface area contributed by atoms with Crippen molar-refractivity contribution in [2.75, 3.05) is 0 Å². The minimum Gasteiger partial charge on any atom is -0.250 e. The molecule has 1 N–H and O–H groups in total. The first-order chi connectivity index (χ1) is 13.2. The summed E-state index contributed by atoms with van der Waals surface area (Å²) < 4.78 is 2.12. The highest BCUT2D eigenvalue weighted by Gasteiger charge is 2.10. The van der Waals surface area contributed by atoms with Crippen LogP contribution in [0.1, 0.15) is 11.1 Å². The van der Waals surface area contributed by atoms with Crippen LogP contribution in [-0.4, -0.2) is 21.1 Å². The molecule has 0 atom stereocenters. The number of rotatable bonds is 4. The maximum absolute atomic E-state index is 5.35. The van der Waals surface area contributed by atoms with Gasteiger partial charge in [-0.25, -0.2) is 5.10 Å². The summed E-state index contributed by atoms with van der Waals surface area (Å²) in [5, 5.41) is 11.7. The number of aromatic nitrogens is 3. The molecule has 0 fully saturated rings. The predicted octanol–water partition coefficient (Wildman–Crippen LogP) is 5.47. The smallest absolute Gasteiger partial charge is 0.216 e. The lowest BCUT2D eigenvalue weighted by Crippen LogP contribution is -1.96. The van der Waals surface area contributed by atoms with Crippen molar-refractivity contribution in [2.45, 2.75) is 6.92 Å². The SMILES string of the molecule is Cc1ccccc1-c1n[nH]c(=S)n1/N=C/c1ccc(-c2ccccc2)cc1. The van der Waals surface area contributed by atoms with E-state index in [4.69, 9.17) is 12.2 Å². The molecule has 4 nitrogen and oxygen atoms in total. The Labute approximate surface area is 162 Å². The van der Waals surface area contributed by atoms with Crippen LogP contribution in [0.25, 0.3) is 22.5 Å². The molecule has 0 aliphatic rings. The summed E-state index contributed by atoms with van der Waals surface area (Å²) >= 11 is 5.35. The summed E-state index contributed by atoms with van der Waals surface area (Å²) in [5.74, 6) is 0.704. The third-order valence-corrected chi connectivity index (χ3v) is 4.64. The number of nitrogens with zero attached hydrogens (tertiary/aromatic N) is 3. The average molecular weight is 370 g/mol. The van der Waals surface area contributed by atoms with Gasteiger partial charge in [-0.15, -0.1) is 0 Å². The van der Waals surface area contributed by atoms with Crippen LogP contribution in [0.3, 0.4) is 0 Å². The summed E-state index contributed by atoms with van der Waals surface area (Å²) in [7, 11) is 0. The molecule has 5 heteroatoms. The zero-order chi connectivity index (χ0) is 18.6. The summed E-state index contributed by atoms with van der Waals surface area (Å²) in [6, 6.07) is 26.6. The molecule has 1 aromatic heterocycles. The van der Waals surface area contributed by atoms with Crippen LogP contribution in [-0.2, 0) is 0 Å². The first kappa shape index (κ1) is 17.1. The van der Waals surface area contributed by atoms with E-state index in [1.54, 1.807) is 10.9 Å². The van der Waals surface area contributed by atoms with Gasteiger partial charge in [0.25, 0.3) is 0 Å². The molecule has 0 aliphatic heterocycles. The summed E-state index contributed by atoms with van der Waals surface area (Å²) in [6.45, 7) is 2.05. The Morgan fingerprint density at radius 3 is 2.30 bits per heavy atom. The zero-order valence-electron chi connectivity index (χ0n) is 14.8. The first-order valence-electron chi connectivity index (χ1n) is 8.65. The number of nitrogens with one attached hydrogen (secondary N) is 1. The van der Waals surface area contributed by atoms with E-state index in [1.807, 2.05) is 61.5 Å².